The molecule has 1 saturated heterocycles. The maximum Gasteiger partial charge on any atom is 0.490 e. The molecule has 0 unspecified atom stereocenters. The van der Waals surface area contributed by atoms with Gasteiger partial charge >= 0.3 is 12.1 Å². The van der Waals surface area contributed by atoms with Crippen molar-refractivity contribution >= 4 is 40.7 Å². The third kappa shape index (κ3) is 6.55. The number of aliphatic carboxylic acids is 1. The molecular weight excluding hydrogens is 531 g/mol. The molecule has 0 atom stereocenters. The van der Waals surface area contributed by atoms with Crippen molar-refractivity contribution in [1.82, 2.24) is 24.8 Å². The summed E-state index contributed by atoms with van der Waals surface area (Å²) >= 11 is 0. The number of piperazine rings is 1. The molecule has 0 radical (unpaired) electrons. The number of anilines is 3. The summed E-state index contributed by atoms with van der Waals surface area (Å²) in [5, 5.41) is 14.5. The lowest BCUT2D eigenvalue weighted by Gasteiger charge is -2.29. The number of rotatable bonds is 6. The van der Waals surface area contributed by atoms with Crippen LogP contribution in [0.1, 0.15) is 42.9 Å². The van der Waals surface area contributed by atoms with Crippen LogP contribution in [0.3, 0.4) is 0 Å². The van der Waals surface area contributed by atoms with E-state index in [1.54, 1.807) is 10.8 Å². The van der Waals surface area contributed by atoms with E-state index in [-0.39, 0.29) is 18.0 Å². The molecule has 1 aliphatic carbocycles. The van der Waals surface area contributed by atoms with Crippen molar-refractivity contribution in [3.8, 4) is 0 Å². The Kier molecular flexibility index (Phi) is 8.97. The molecule has 1 saturated carbocycles. The number of fused-ring (bicyclic) bond motifs is 1. The van der Waals surface area contributed by atoms with Gasteiger partial charge in [-0.15, -0.1) is 0 Å². The van der Waals surface area contributed by atoms with E-state index in [1.165, 1.54) is 0 Å². The van der Waals surface area contributed by atoms with Crippen LogP contribution in [0.25, 0.3) is 11.0 Å². The fourth-order valence-electron chi connectivity index (χ4n) is 4.96. The van der Waals surface area contributed by atoms with Crippen LogP contribution >= 0.6 is 0 Å². The first-order chi connectivity index (χ1) is 19.1. The largest absolute Gasteiger partial charge is 0.490 e. The minimum absolute atomic E-state index is 0.102. The summed E-state index contributed by atoms with van der Waals surface area (Å²) in [6, 6.07) is 4.07. The standard InChI is InChI=1S/C24H29N7O2.C2HF3O2/c1-16-19(8-13-32)23(33)31(17-4-2-3-5-17)22-20(16)15-27-24(29-22)28-21-7-6-18(14-26-21)30-11-9-25-10-12-30;3-2(4,5)1(6)7/h6-7,13-15,17,25H,2-5,8-12H2,1H3,(H,26,27,28,29);(H,6,7). The lowest BCUT2D eigenvalue weighted by molar-refractivity contribution is -0.192. The number of carboxylic acids is 1. The predicted molar refractivity (Wildman–Crippen MR) is 142 cm³/mol. The Bertz CT molecular complexity index is 1420. The summed E-state index contributed by atoms with van der Waals surface area (Å²) < 4.78 is 33.5. The van der Waals surface area contributed by atoms with E-state index in [0.717, 1.165) is 74.8 Å². The van der Waals surface area contributed by atoms with Crippen molar-refractivity contribution in [2.45, 2.75) is 51.2 Å². The maximum absolute atomic E-state index is 13.3. The van der Waals surface area contributed by atoms with Crippen LogP contribution in [0, 0.1) is 6.92 Å². The van der Waals surface area contributed by atoms with E-state index in [9.17, 15) is 22.8 Å². The van der Waals surface area contributed by atoms with Crippen LogP contribution in [0.4, 0.5) is 30.6 Å². The Hall–Kier alpha value is -4.07. The van der Waals surface area contributed by atoms with Crippen LogP contribution in [0.2, 0.25) is 0 Å². The predicted octanol–water partition coefficient (Wildman–Crippen LogP) is 3.14. The number of aryl methyl sites for hydroxylation is 1. The molecule has 2 fully saturated rings. The SMILES string of the molecule is Cc1c(CC=O)c(=O)n(C2CCCC2)c2nc(Nc3ccc(N4CCNCC4)cn3)ncc12.O=C(O)C(F)(F)F. The monoisotopic (exact) mass is 561 g/mol. The Balaban J connectivity index is 0.000000470. The summed E-state index contributed by atoms with van der Waals surface area (Å²) in [4.78, 5) is 49.5. The van der Waals surface area contributed by atoms with Gasteiger partial charge in [0.05, 0.1) is 11.9 Å². The average molecular weight is 562 g/mol. The second-order valence-corrected chi connectivity index (χ2v) is 9.59. The fourth-order valence-corrected chi connectivity index (χ4v) is 4.96. The highest BCUT2D eigenvalue weighted by Crippen LogP contribution is 2.32. The number of pyridine rings is 2. The molecule has 3 aromatic rings. The molecule has 4 heterocycles. The van der Waals surface area contributed by atoms with E-state index < -0.39 is 12.1 Å². The van der Waals surface area contributed by atoms with Gasteiger partial charge in [0, 0.05) is 55.8 Å². The van der Waals surface area contributed by atoms with Gasteiger partial charge in [0.15, 0.2) is 0 Å². The summed E-state index contributed by atoms with van der Waals surface area (Å²) in [6.07, 6.45) is 3.50. The number of aldehydes is 1. The Morgan fingerprint density at radius 3 is 2.42 bits per heavy atom. The van der Waals surface area contributed by atoms with Gasteiger partial charge in [-0.1, -0.05) is 12.8 Å². The van der Waals surface area contributed by atoms with Gasteiger partial charge in [0.2, 0.25) is 5.95 Å². The number of halogens is 3. The third-order valence-electron chi connectivity index (χ3n) is 7.02. The lowest BCUT2D eigenvalue weighted by Crippen LogP contribution is -2.43. The Labute approximate surface area is 227 Å². The number of alkyl halides is 3. The summed E-state index contributed by atoms with van der Waals surface area (Å²) in [5.74, 6) is -1.71. The molecule has 11 nitrogen and oxygen atoms in total. The van der Waals surface area contributed by atoms with Crippen LogP contribution in [0.15, 0.2) is 29.3 Å². The van der Waals surface area contributed by atoms with Gasteiger partial charge in [-0.2, -0.15) is 18.2 Å². The topological polar surface area (TPSA) is 142 Å². The zero-order valence-electron chi connectivity index (χ0n) is 21.9. The van der Waals surface area contributed by atoms with E-state index >= 15 is 0 Å². The molecule has 0 amide bonds. The van der Waals surface area contributed by atoms with Gasteiger partial charge in [-0.05, 0) is 37.5 Å². The van der Waals surface area contributed by atoms with Gasteiger partial charge < -0.3 is 25.4 Å². The first kappa shape index (κ1) is 28.9. The highest BCUT2D eigenvalue weighted by atomic mass is 19.4. The Morgan fingerprint density at radius 1 is 1.18 bits per heavy atom. The maximum atomic E-state index is 13.3. The summed E-state index contributed by atoms with van der Waals surface area (Å²) in [6.45, 7) is 5.75. The molecule has 0 aromatic carbocycles. The number of nitrogens with one attached hydrogen (secondary N) is 2. The minimum atomic E-state index is -5.08. The van der Waals surface area contributed by atoms with Gasteiger partial charge in [0.1, 0.15) is 17.8 Å². The molecule has 3 N–H and O–H groups in total. The highest BCUT2D eigenvalue weighted by Gasteiger charge is 2.38. The van der Waals surface area contributed by atoms with Crippen LogP contribution < -0.4 is 21.1 Å². The molecule has 14 heteroatoms. The highest BCUT2D eigenvalue weighted by molar-refractivity contribution is 5.81. The molecule has 40 heavy (non-hydrogen) atoms. The van der Waals surface area contributed by atoms with Crippen molar-refractivity contribution in [1.29, 1.82) is 0 Å². The number of carboxylic acid groups (broad SMARTS) is 1. The van der Waals surface area contributed by atoms with Crippen molar-refractivity contribution in [3.63, 3.8) is 0 Å². The van der Waals surface area contributed by atoms with Crippen molar-refractivity contribution in [2.24, 2.45) is 0 Å². The molecule has 0 spiro atoms. The second-order valence-electron chi connectivity index (χ2n) is 9.59. The zero-order chi connectivity index (χ0) is 28.9. The number of nitrogens with zero attached hydrogens (tertiary/aromatic N) is 5. The van der Waals surface area contributed by atoms with Crippen LogP contribution in [0.5, 0.6) is 0 Å². The van der Waals surface area contributed by atoms with Gasteiger partial charge in [-0.3, -0.25) is 9.36 Å². The molecule has 214 valence electrons. The third-order valence-corrected chi connectivity index (χ3v) is 7.02. The van der Waals surface area contributed by atoms with E-state index in [4.69, 9.17) is 14.9 Å². The number of carbonyl (C=O) groups is 2. The van der Waals surface area contributed by atoms with E-state index in [0.29, 0.717) is 23.0 Å². The molecular formula is C26H30F3N7O4. The van der Waals surface area contributed by atoms with Crippen LogP contribution in [-0.4, -0.2) is 69.2 Å². The fraction of sp³-hybridized carbons (Fsp3) is 0.462. The lowest BCUT2D eigenvalue weighted by atomic mass is 10.0. The smallest absolute Gasteiger partial charge is 0.475 e. The normalized spacial score (nSPS) is 15.9. The molecule has 2 aliphatic rings. The number of hydrogen-bond acceptors (Lipinski definition) is 9. The quantitative estimate of drug-likeness (QED) is 0.384. The number of carbonyl (C=O) groups excluding carboxylic acids is 1. The number of hydrogen-bond donors (Lipinski definition) is 3. The number of aromatic nitrogens is 4. The first-order valence-corrected chi connectivity index (χ1v) is 12.9. The average Bonchev–Trinajstić information content (AvgIpc) is 3.46. The van der Waals surface area contributed by atoms with E-state index in [2.05, 4.69) is 25.5 Å². The van der Waals surface area contributed by atoms with Crippen molar-refractivity contribution in [2.75, 3.05) is 36.4 Å². The second kappa shape index (κ2) is 12.4. The van der Waals surface area contributed by atoms with Gasteiger partial charge in [-0.25, -0.2) is 14.8 Å². The Morgan fingerprint density at radius 2 is 1.85 bits per heavy atom. The molecule has 0 bridgehead atoms. The molecule has 3 aromatic heterocycles. The van der Waals surface area contributed by atoms with E-state index in [1.807, 2.05) is 25.3 Å². The van der Waals surface area contributed by atoms with Crippen molar-refractivity contribution < 1.29 is 27.9 Å². The van der Waals surface area contributed by atoms with Crippen LogP contribution in [-0.2, 0) is 16.0 Å². The van der Waals surface area contributed by atoms with Crippen molar-refractivity contribution in [3.05, 3.63) is 46.0 Å². The molecule has 1 aliphatic heterocycles. The summed E-state index contributed by atoms with van der Waals surface area (Å²) in [7, 11) is 0. The summed E-state index contributed by atoms with van der Waals surface area (Å²) in [5.41, 5.74) is 2.92. The molecule has 5 rings (SSSR count). The minimum Gasteiger partial charge on any atom is -0.475 e. The zero-order valence-corrected chi connectivity index (χ0v) is 21.9. The van der Waals surface area contributed by atoms with Gasteiger partial charge in [0.25, 0.3) is 5.56 Å². The first-order valence-electron chi connectivity index (χ1n) is 12.9.